The van der Waals surface area contributed by atoms with Gasteiger partial charge in [0.05, 0.1) is 7.11 Å². The Morgan fingerprint density at radius 2 is 0.881 bits per heavy atom. The predicted molar refractivity (Wildman–Crippen MR) is 163 cm³/mol. The number of nitrogens with zero attached hydrogens (tertiary/aromatic N) is 2. The van der Waals surface area contributed by atoms with Gasteiger partial charge in [-0.15, -0.1) is 10.5 Å². The van der Waals surface area contributed by atoms with Gasteiger partial charge in [-0.25, -0.2) is 5.41 Å². The van der Waals surface area contributed by atoms with E-state index in [4.69, 9.17) is 30.1 Å². The summed E-state index contributed by atoms with van der Waals surface area (Å²) in [4.78, 5) is 0. The molecule has 0 saturated carbocycles. The van der Waals surface area contributed by atoms with Crippen LogP contribution in [0.3, 0.4) is 0 Å². The van der Waals surface area contributed by atoms with E-state index in [1.807, 2.05) is 48.5 Å². The Kier molecular flexibility index (Phi) is 10.3. The Morgan fingerprint density at radius 3 is 1.19 bits per heavy atom. The van der Waals surface area contributed by atoms with Crippen LogP contribution in [0, 0.1) is 35.4 Å². The normalized spacial score (nSPS) is 10.7. The van der Waals surface area contributed by atoms with Crippen molar-refractivity contribution in [1.29, 1.82) is 15.9 Å². The van der Waals surface area contributed by atoms with Crippen LogP contribution in [0.2, 0.25) is 0 Å². The van der Waals surface area contributed by atoms with Gasteiger partial charge in [0.25, 0.3) is 12.5 Å². The van der Waals surface area contributed by atoms with Gasteiger partial charge in [-0.05, 0) is 65.6 Å². The van der Waals surface area contributed by atoms with Gasteiger partial charge >= 0.3 is 6.08 Å². The molecule has 0 amide bonds. The van der Waals surface area contributed by atoms with E-state index < -0.39 is 0 Å². The van der Waals surface area contributed by atoms with E-state index >= 15 is 0 Å². The Bertz CT molecular complexity index is 1540. The molecule has 0 aliphatic heterocycles. The topological polar surface area (TPSA) is 108 Å². The van der Waals surface area contributed by atoms with Crippen molar-refractivity contribution < 1.29 is 18.9 Å². The zero-order valence-electron chi connectivity index (χ0n) is 24.8. The summed E-state index contributed by atoms with van der Waals surface area (Å²) in [6.07, 6.45) is 3.09. The Labute approximate surface area is 248 Å². The highest BCUT2D eigenvalue weighted by Crippen LogP contribution is 2.34. The van der Waals surface area contributed by atoms with Gasteiger partial charge in [-0.1, -0.05) is 93.9 Å². The minimum Gasteiger partial charge on any atom is -0.454 e. The Balaban J connectivity index is 0.000000235. The third-order valence-electron chi connectivity index (χ3n) is 7.22. The molecule has 0 fully saturated rings. The second-order valence-corrected chi connectivity index (χ2v) is 10.7. The summed E-state index contributed by atoms with van der Waals surface area (Å²) in [5.74, 6) is 1.65. The lowest BCUT2D eigenvalue weighted by Crippen LogP contribution is -2.18. The van der Waals surface area contributed by atoms with E-state index in [1.54, 1.807) is 36.8 Å². The minimum atomic E-state index is -0.245. The standard InChI is InChI=1S/C18H18N2O3.C17H17NO/c1-18(2,13-4-8-15(9-5-13)22-12-19)14-6-10-16(11-7-14)23-17(20)21-3;1-13-4-6-14(7-5-13)17(2,3)15-8-10-16(11-9-15)19-12-18/h4-11,20H,1-3H3;4-11H,1-3H3. The summed E-state index contributed by atoms with van der Waals surface area (Å²) in [6.45, 7) is 10.7. The molecule has 0 radical (unpaired) electrons. The summed E-state index contributed by atoms with van der Waals surface area (Å²) in [7, 11) is 1.39. The second-order valence-electron chi connectivity index (χ2n) is 10.7. The molecule has 0 bridgehead atoms. The molecule has 4 aromatic rings. The first-order chi connectivity index (χ1) is 20.0. The summed E-state index contributed by atoms with van der Waals surface area (Å²) in [6, 6.07) is 31.2. The highest BCUT2D eigenvalue weighted by atomic mass is 16.7. The third-order valence-corrected chi connectivity index (χ3v) is 7.22. The van der Waals surface area contributed by atoms with Crippen LogP contribution in [-0.4, -0.2) is 13.2 Å². The molecule has 0 saturated heterocycles. The van der Waals surface area contributed by atoms with Gasteiger partial charge < -0.3 is 18.9 Å². The van der Waals surface area contributed by atoms with Crippen LogP contribution < -0.4 is 14.2 Å². The smallest absolute Gasteiger partial charge is 0.385 e. The molecule has 0 spiro atoms. The number of hydrogen-bond donors (Lipinski definition) is 1. The number of nitriles is 2. The van der Waals surface area contributed by atoms with Gasteiger partial charge in [0, 0.05) is 10.8 Å². The maximum atomic E-state index is 8.53. The Morgan fingerprint density at radius 1 is 0.571 bits per heavy atom. The predicted octanol–water partition coefficient (Wildman–Crippen LogP) is 8.01. The van der Waals surface area contributed by atoms with Gasteiger partial charge in [0.1, 0.15) is 17.2 Å². The summed E-state index contributed by atoms with van der Waals surface area (Å²) in [5, 5.41) is 24.4. The van der Waals surface area contributed by atoms with E-state index in [0.717, 1.165) is 11.1 Å². The molecule has 7 heteroatoms. The first kappa shape index (κ1) is 31.3. The van der Waals surface area contributed by atoms with Crippen molar-refractivity contribution >= 4 is 6.08 Å². The van der Waals surface area contributed by atoms with Gasteiger partial charge in [0.2, 0.25) is 0 Å². The SMILES string of the molecule is COC(=N)Oc1ccc(C(C)(C)c2ccc(OC#N)cc2)cc1.Cc1ccc(C(C)(C)c2ccc(OC#N)cc2)cc1. The molecule has 7 nitrogen and oxygen atoms in total. The fourth-order valence-electron chi connectivity index (χ4n) is 4.38. The quantitative estimate of drug-likeness (QED) is 0.139. The van der Waals surface area contributed by atoms with E-state index in [0.29, 0.717) is 17.2 Å². The fourth-order valence-corrected chi connectivity index (χ4v) is 4.38. The average Bonchev–Trinajstić information content (AvgIpc) is 2.99. The lowest BCUT2D eigenvalue weighted by Gasteiger charge is -2.26. The van der Waals surface area contributed by atoms with Crippen molar-refractivity contribution in [3.63, 3.8) is 0 Å². The molecule has 0 aliphatic carbocycles. The molecule has 214 valence electrons. The number of aryl methyl sites for hydroxylation is 1. The van der Waals surface area contributed by atoms with Crippen LogP contribution in [0.5, 0.6) is 17.2 Å². The van der Waals surface area contributed by atoms with Crippen molar-refractivity contribution in [2.75, 3.05) is 7.11 Å². The van der Waals surface area contributed by atoms with Crippen molar-refractivity contribution in [2.24, 2.45) is 0 Å². The molecule has 0 aromatic heterocycles. The van der Waals surface area contributed by atoms with Gasteiger partial charge in [0.15, 0.2) is 0 Å². The molecule has 4 rings (SSSR count). The summed E-state index contributed by atoms with van der Waals surface area (Å²) in [5.41, 5.74) is 5.63. The zero-order valence-corrected chi connectivity index (χ0v) is 24.8. The number of hydrogen-bond acceptors (Lipinski definition) is 7. The van der Waals surface area contributed by atoms with Crippen LogP contribution in [0.4, 0.5) is 0 Å². The monoisotopic (exact) mass is 561 g/mol. The van der Waals surface area contributed by atoms with Crippen LogP contribution in [-0.2, 0) is 15.6 Å². The number of benzene rings is 4. The van der Waals surface area contributed by atoms with E-state index in [2.05, 4.69) is 63.6 Å². The first-order valence-corrected chi connectivity index (χ1v) is 13.3. The molecular weight excluding hydrogens is 526 g/mol. The van der Waals surface area contributed by atoms with Crippen LogP contribution in [0.1, 0.15) is 55.5 Å². The van der Waals surface area contributed by atoms with E-state index in [9.17, 15) is 0 Å². The molecule has 4 aromatic carbocycles. The zero-order chi connectivity index (χ0) is 30.8. The first-order valence-electron chi connectivity index (χ1n) is 13.3. The maximum Gasteiger partial charge on any atom is 0.385 e. The van der Waals surface area contributed by atoms with Gasteiger partial charge in [-0.2, -0.15) is 0 Å². The third kappa shape index (κ3) is 7.90. The number of nitrogens with one attached hydrogen (secondary N) is 1. The minimum absolute atomic E-state index is 0.0706. The molecule has 0 heterocycles. The van der Waals surface area contributed by atoms with Crippen molar-refractivity contribution in [1.82, 2.24) is 0 Å². The number of ether oxygens (including phenoxy) is 4. The molecule has 0 aliphatic rings. The molecular formula is C35H35N3O4. The van der Waals surface area contributed by atoms with Crippen molar-refractivity contribution in [2.45, 2.75) is 45.4 Å². The van der Waals surface area contributed by atoms with Crippen LogP contribution in [0.25, 0.3) is 0 Å². The lowest BCUT2D eigenvalue weighted by molar-refractivity contribution is 0.294. The molecule has 0 atom stereocenters. The van der Waals surface area contributed by atoms with Crippen molar-refractivity contribution in [3.05, 3.63) is 125 Å². The second kappa shape index (κ2) is 13.9. The molecule has 0 unspecified atom stereocenters. The fraction of sp³-hybridized carbons (Fsp3) is 0.229. The summed E-state index contributed by atoms with van der Waals surface area (Å²) < 4.78 is 19.5. The number of rotatable bonds is 7. The van der Waals surface area contributed by atoms with E-state index in [1.165, 1.54) is 23.8 Å². The highest BCUT2D eigenvalue weighted by molar-refractivity contribution is 5.66. The largest absolute Gasteiger partial charge is 0.454 e. The lowest BCUT2D eigenvalue weighted by atomic mass is 9.78. The summed E-state index contributed by atoms with van der Waals surface area (Å²) >= 11 is 0. The van der Waals surface area contributed by atoms with Crippen LogP contribution >= 0.6 is 0 Å². The van der Waals surface area contributed by atoms with Crippen molar-refractivity contribution in [3.8, 4) is 29.8 Å². The maximum absolute atomic E-state index is 8.53. The van der Waals surface area contributed by atoms with Crippen LogP contribution in [0.15, 0.2) is 97.1 Å². The highest BCUT2D eigenvalue weighted by Gasteiger charge is 2.24. The van der Waals surface area contributed by atoms with Gasteiger partial charge in [-0.3, -0.25) is 0 Å². The Hall–Kier alpha value is -5.27. The molecule has 1 N–H and O–H groups in total. The van der Waals surface area contributed by atoms with E-state index in [-0.39, 0.29) is 16.9 Å². The molecule has 42 heavy (non-hydrogen) atoms. The average molecular weight is 562 g/mol. The number of methoxy groups -OCH3 is 1.